The number of benzene rings is 1. The number of rotatable bonds is 1. The lowest BCUT2D eigenvalue weighted by Gasteiger charge is -2.16. The van der Waals surface area contributed by atoms with Crippen LogP contribution in [0.1, 0.15) is 17.9 Å². The summed E-state index contributed by atoms with van der Waals surface area (Å²) in [5.41, 5.74) is 0.903. The van der Waals surface area contributed by atoms with Crippen molar-refractivity contribution in [3.05, 3.63) is 48.0 Å². The van der Waals surface area contributed by atoms with Gasteiger partial charge in [-0.2, -0.15) is 0 Å². The van der Waals surface area contributed by atoms with Crippen molar-refractivity contribution in [2.75, 3.05) is 6.61 Å². The minimum absolute atomic E-state index is 0.0566. The van der Waals surface area contributed by atoms with E-state index in [1.165, 1.54) is 5.56 Å². The molecule has 1 fully saturated rings. The molecule has 0 aromatic heterocycles. The molecule has 76 valence electrons. The third-order valence-electron chi connectivity index (χ3n) is 3.31. The van der Waals surface area contributed by atoms with Crippen LogP contribution in [-0.4, -0.2) is 12.6 Å². The van der Waals surface area contributed by atoms with E-state index < -0.39 is 0 Å². The average molecular weight is 200 g/mol. The van der Waals surface area contributed by atoms with Gasteiger partial charge in [-0.15, -0.1) is 0 Å². The lowest BCUT2D eigenvalue weighted by atomic mass is 9.97. The maximum Gasteiger partial charge on any atom is 0.316 e. The molecule has 2 atom stereocenters. The predicted octanol–water partition coefficient (Wildman–Crippen LogP) is 2.27. The van der Waals surface area contributed by atoms with Gasteiger partial charge in [0.25, 0.3) is 0 Å². The second kappa shape index (κ2) is 2.96. The Morgan fingerprint density at radius 2 is 2.07 bits per heavy atom. The van der Waals surface area contributed by atoms with Crippen molar-refractivity contribution >= 4 is 5.97 Å². The summed E-state index contributed by atoms with van der Waals surface area (Å²) in [6.07, 6.45) is 4.87. The second-order valence-electron chi connectivity index (χ2n) is 4.21. The molecule has 2 heteroatoms. The zero-order valence-electron chi connectivity index (χ0n) is 8.35. The normalized spacial score (nSPS) is 32.8. The van der Waals surface area contributed by atoms with Gasteiger partial charge in [0.15, 0.2) is 0 Å². The fraction of sp³-hybridized carbons (Fsp3) is 0.308. The molecule has 1 aliphatic heterocycles. The van der Waals surface area contributed by atoms with Gasteiger partial charge in [-0.3, -0.25) is 4.79 Å². The molecule has 2 nitrogen and oxygen atoms in total. The van der Waals surface area contributed by atoms with Crippen LogP contribution in [0.15, 0.2) is 42.5 Å². The highest BCUT2D eigenvalue weighted by atomic mass is 16.5. The van der Waals surface area contributed by atoms with Crippen LogP contribution in [0.5, 0.6) is 0 Å². The van der Waals surface area contributed by atoms with Gasteiger partial charge in [-0.25, -0.2) is 0 Å². The van der Waals surface area contributed by atoms with E-state index in [1.54, 1.807) is 0 Å². The van der Waals surface area contributed by atoms with Crippen LogP contribution in [0.2, 0.25) is 0 Å². The monoisotopic (exact) mass is 200 g/mol. The molecule has 1 heterocycles. The molecule has 1 aromatic rings. The molecule has 3 rings (SSSR count). The van der Waals surface area contributed by atoms with Gasteiger partial charge >= 0.3 is 5.97 Å². The van der Waals surface area contributed by atoms with E-state index in [0.29, 0.717) is 12.5 Å². The van der Waals surface area contributed by atoms with Crippen molar-refractivity contribution < 1.29 is 9.53 Å². The smallest absolute Gasteiger partial charge is 0.316 e. The summed E-state index contributed by atoms with van der Waals surface area (Å²) >= 11 is 0. The van der Waals surface area contributed by atoms with Crippen LogP contribution < -0.4 is 0 Å². The SMILES string of the molecule is O=C1OCC=C[C@]12C[C@H]2c1ccccc1. The van der Waals surface area contributed by atoms with Crippen molar-refractivity contribution in [1.82, 2.24) is 0 Å². The second-order valence-corrected chi connectivity index (χ2v) is 4.21. The van der Waals surface area contributed by atoms with E-state index in [0.717, 1.165) is 6.42 Å². The molecular weight excluding hydrogens is 188 g/mol. The number of carbonyl (C=O) groups excluding carboxylic acids is 1. The lowest BCUT2D eigenvalue weighted by molar-refractivity contribution is -0.148. The number of ether oxygens (including phenoxy) is 1. The highest BCUT2D eigenvalue weighted by Crippen LogP contribution is 2.61. The first-order chi connectivity index (χ1) is 7.33. The molecule has 1 aliphatic carbocycles. The Bertz CT molecular complexity index is 421. The summed E-state index contributed by atoms with van der Waals surface area (Å²) in [7, 11) is 0. The van der Waals surface area contributed by atoms with Crippen molar-refractivity contribution in [2.45, 2.75) is 12.3 Å². The lowest BCUT2D eigenvalue weighted by Crippen LogP contribution is -2.22. The van der Waals surface area contributed by atoms with Crippen molar-refractivity contribution in [2.24, 2.45) is 5.41 Å². The molecule has 0 amide bonds. The van der Waals surface area contributed by atoms with Gasteiger partial charge in [0.2, 0.25) is 0 Å². The number of hydrogen-bond donors (Lipinski definition) is 0. The largest absolute Gasteiger partial charge is 0.461 e. The summed E-state index contributed by atoms with van der Waals surface area (Å²) in [5, 5.41) is 0. The van der Waals surface area contributed by atoms with Crippen LogP contribution in [0.25, 0.3) is 0 Å². The van der Waals surface area contributed by atoms with Crippen LogP contribution in [-0.2, 0) is 9.53 Å². The Balaban J connectivity index is 1.92. The minimum Gasteiger partial charge on any atom is -0.461 e. The van der Waals surface area contributed by atoms with Gasteiger partial charge < -0.3 is 4.74 Å². The van der Waals surface area contributed by atoms with E-state index in [4.69, 9.17) is 4.74 Å². The summed E-state index contributed by atoms with van der Waals surface area (Å²) in [5.74, 6) is 0.265. The van der Waals surface area contributed by atoms with Gasteiger partial charge in [0, 0.05) is 5.92 Å². The highest BCUT2D eigenvalue weighted by Gasteiger charge is 2.60. The third-order valence-corrected chi connectivity index (χ3v) is 3.31. The number of cyclic esters (lactones) is 1. The highest BCUT2D eigenvalue weighted by molar-refractivity contribution is 5.85. The zero-order chi connectivity index (χ0) is 10.3. The molecule has 1 aromatic carbocycles. The van der Waals surface area contributed by atoms with Crippen LogP contribution >= 0.6 is 0 Å². The first kappa shape index (κ1) is 8.72. The zero-order valence-corrected chi connectivity index (χ0v) is 8.35. The topological polar surface area (TPSA) is 26.3 Å². The molecule has 0 unspecified atom stereocenters. The summed E-state index contributed by atoms with van der Waals surface area (Å²) in [6.45, 7) is 0.433. The molecule has 0 saturated heterocycles. The molecule has 0 bridgehead atoms. The van der Waals surface area contributed by atoms with Gasteiger partial charge in [0.05, 0.1) is 5.41 Å². The number of hydrogen-bond acceptors (Lipinski definition) is 2. The Labute approximate surface area is 88.6 Å². The Kier molecular flexibility index (Phi) is 1.72. The summed E-state index contributed by atoms with van der Waals surface area (Å²) < 4.78 is 5.08. The fourth-order valence-electron chi connectivity index (χ4n) is 2.37. The molecule has 15 heavy (non-hydrogen) atoms. The van der Waals surface area contributed by atoms with Crippen LogP contribution in [0.3, 0.4) is 0 Å². The van der Waals surface area contributed by atoms with Gasteiger partial charge in [-0.05, 0) is 12.0 Å². The molecule has 0 radical (unpaired) electrons. The predicted molar refractivity (Wildman–Crippen MR) is 56.3 cm³/mol. The van der Waals surface area contributed by atoms with Crippen molar-refractivity contribution in [1.29, 1.82) is 0 Å². The van der Waals surface area contributed by atoms with Crippen LogP contribution in [0.4, 0.5) is 0 Å². The van der Waals surface area contributed by atoms with E-state index in [2.05, 4.69) is 12.1 Å². The Hall–Kier alpha value is -1.57. The Morgan fingerprint density at radius 1 is 1.27 bits per heavy atom. The fourth-order valence-corrected chi connectivity index (χ4v) is 2.37. The molecular formula is C13H12O2. The molecule has 2 aliphatic rings. The van der Waals surface area contributed by atoms with E-state index in [1.807, 2.05) is 30.4 Å². The van der Waals surface area contributed by atoms with Crippen molar-refractivity contribution in [3.8, 4) is 0 Å². The first-order valence-corrected chi connectivity index (χ1v) is 5.23. The maximum absolute atomic E-state index is 11.7. The van der Waals surface area contributed by atoms with E-state index in [-0.39, 0.29) is 11.4 Å². The number of carbonyl (C=O) groups is 1. The molecule has 1 saturated carbocycles. The van der Waals surface area contributed by atoms with Gasteiger partial charge in [0.1, 0.15) is 6.61 Å². The number of esters is 1. The first-order valence-electron chi connectivity index (χ1n) is 5.23. The Morgan fingerprint density at radius 3 is 2.80 bits per heavy atom. The summed E-state index contributed by atoms with van der Waals surface area (Å²) in [4.78, 5) is 11.7. The van der Waals surface area contributed by atoms with E-state index in [9.17, 15) is 4.79 Å². The molecule has 1 spiro atoms. The van der Waals surface area contributed by atoms with E-state index >= 15 is 0 Å². The third kappa shape index (κ3) is 1.21. The average Bonchev–Trinajstić information content (AvgIpc) is 3.00. The molecule has 0 N–H and O–H groups in total. The van der Waals surface area contributed by atoms with Gasteiger partial charge in [-0.1, -0.05) is 42.5 Å². The summed E-state index contributed by atoms with van der Waals surface area (Å²) in [6, 6.07) is 10.2. The maximum atomic E-state index is 11.7. The van der Waals surface area contributed by atoms with Crippen LogP contribution in [0, 0.1) is 5.41 Å². The quantitative estimate of drug-likeness (QED) is 0.513. The van der Waals surface area contributed by atoms with Crippen molar-refractivity contribution in [3.63, 3.8) is 0 Å². The standard InChI is InChI=1S/C13H12O2/c14-12-13(7-4-8-15-12)9-11(13)10-5-2-1-3-6-10/h1-7,11H,8-9H2/t11-,13+/m0/s1. The minimum atomic E-state index is -0.334.